The van der Waals surface area contributed by atoms with Crippen LogP contribution in [0.4, 0.5) is 36.3 Å². The van der Waals surface area contributed by atoms with Crippen molar-refractivity contribution in [3.8, 4) is 0 Å². The van der Waals surface area contributed by atoms with Crippen molar-refractivity contribution in [2.45, 2.75) is 20.0 Å². The number of nitrogens with zero attached hydrogens (tertiary/aromatic N) is 2. The average molecular weight is 556 g/mol. The summed E-state index contributed by atoms with van der Waals surface area (Å²) in [7, 11) is -2.80. The van der Waals surface area contributed by atoms with Gasteiger partial charge < -0.3 is 15.2 Å². The molecule has 0 unspecified atom stereocenters. The summed E-state index contributed by atoms with van der Waals surface area (Å²) in [6.07, 6.45) is -4.10. The van der Waals surface area contributed by atoms with Gasteiger partial charge in [0.25, 0.3) is 5.91 Å². The van der Waals surface area contributed by atoms with Crippen LogP contribution >= 0.6 is 18.7 Å². The van der Waals surface area contributed by atoms with E-state index in [9.17, 15) is 22.5 Å². The standard InChI is InChI=1S/C24H26ClF3N5O3P/c1-14(2)13-36-33-22(34)16-10-9-15(11-18(16)25)30-23-29-12-17(24(26,27)28)21(32-23)31-19-7-5-6-8-20(19)37(3,4)35/h5-12,14H,13H2,1-4H3,(H,33,34)(H2,29,30,31,32). The van der Waals surface area contributed by atoms with E-state index in [1.165, 1.54) is 37.6 Å². The molecule has 8 nitrogen and oxygen atoms in total. The zero-order valence-electron chi connectivity index (χ0n) is 20.5. The minimum atomic E-state index is -4.74. The number of para-hydroxylation sites is 1. The van der Waals surface area contributed by atoms with Crippen molar-refractivity contribution in [1.29, 1.82) is 0 Å². The number of benzene rings is 2. The van der Waals surface area contributed by atoms with Gasteiger partial charge in [0.1, 0.15) is 18.5 Å². The number of carbonyl (C=O) groups is 1. The summed E-state index contributed by atoms with van der Waals surface area (Å²) in [4.78, 5) is 25.2. The van der Waals surface area contributed by atoms with Crippen molar-refractivity contribution in [2.24, 2.45) is 5.92 Å². The molecule has 13 heteroatoms. The Morgan fingerprint density at radius 1 is 1.14 bits per heavy atom. The smallest absolute Gasteiger partial charge is 0.339 e. The molecule has 3 aromatic rings. The Balaban J connectivity index is 1.88. The van der Waals surface area contributed by atoms with Gasteiger partial charge in [-0.25, -0.2) is 10.5 Å². The number of amides is 1. The highest BCUT2D eigenvalue weighted by atomic mass is 35.5. The van der Waals surface area contributed by atoms with E-state index < -0.39 is 30.6 Å². The van der Waals surface area contributed by atoms with Crippen molar-refractivity contribution in [3.63, 3.8) is 0 Å². The third-order valence-corrected chi connectivity index (χ3v) is 6.75. The van der Waals surface area contributed by atoms with Crippen LogP contribution in [-0.4, -0.2) is 35.8 Å². The number of halogens is 4. The molecule has 0 aliphatic heterocycles. The lowest BCUT2D eigenvalue weighted by Crippen LogP contribution is -2.25. The third-order valence-electron chi connectivity index (χ3n) is 4.88. The third kappa shape index (κ3) is 7.67. The SMILES string of the molecule is CC(C)CONC(=O)c1ccc(Nc2ncc(C(F)(F)F)c(Nc3ccccc3P(C)(C)=O)n2)cc1Cl. The fourth-order valence-corrected chi connectivity index (χ4v) is 4.58. The van der Waals surface area contributed by atoms with E-state index in [0.29, 0.717) is 23.8 Å². The maximum absolute atomic E-state index is 13.7. The molecule has 1 amide bonds. The summed E-state index contributed by atoms with van der Waals surface area (Å²) >= 11 is 6.23. The number of anilines is 4. The molecule has 0 saturated heterocycles. The van der Waals surface area contributed by atoms with E-state index in [1.807, 2.05) is 13.8 Å². The quantitative estimate of drug-likeness (QED) is 0.213. The highest BCUT2D eigenvalue weighted by molar-refractivity contribution is 7.70. The van der Waals surface area contributed by atoms with Crippen LogP contribution in [0.3, 0.4) is 0 Å². The van der Waals surface area contributed by atoms with Crippen LogP contribution in [-0.2, 0) is 15.6 Å². The molecule has 0 aliphatic carbocycles. The van der Waals surface area contributed by atoms with Crippen LogP contribution in [0, 0.1) is 5.92 Å². The molecular formula is C24H26ClF3N5O3P. The number of hydrogen-bond donors (Lipinski definition) is 3. The van der Waals surface area contributed by atoms with E-state index in [-0.39, 0.29) is 28.1 Å². The first kappa shape index (κ1) is 28.4. The summed E-state index contributed by atoms with van der Waals surface area (Å²) in [6.45, 7) is 7.22. The van der Waals surface area contributed by atoms with Gasteiger partial charge in [-0.15, -0.1) is 0 Å². The number of aromatic nitrogens is 2. The number of hydroxylamine groups is 1. The fraction of sp³-hybridized carbons (Fsp3) is 0.292. The van der Waals surface area contributed by atoms with Crippen LogP contribution in [0.1, 0.15) is 29.8 Å². The molecule has 1 heterocycles. The Kier molecular flexibility index (Phi) is 8.84. The minimum Gasteiger partial charge on any atom is -0.339 e. The zero-order chi connectivity index (χ0) is 27.4. The first-order chi connectivity index (χ1) is 17.3. The summed E-state index contributed by atoms with van der Waals surface area (Å²) in [6, 6.07) is 10.7. The van der Waals surface area contributed by atoms with Crippen molar-refractivity contribution >= 4 is 53.1 Å². The van der Waals surface area contributed by atoms with Crippen molar-refractivity contribution in [3.05, 3.63) is 64.8 Å². The molecule has 198 valence electrons. The van der Waals surface area contributed by atoms with E-state index in [1.54, 1.807) is 18.2 Å². The van der Waals surface area contributed by atoms with Gasteiger partial charge in [-0.3, -0.25) is 9.63 Å². The molecule has 37 heavy (non-hydrogen) atoms. The van der Waals surface area contributed by atoms with E-state index in [2.05, 4.69) is 26.1 Å². The minimum absolute atomic E-state index is 0.0801. The Labute approximate surface area is 217 Å². The first-order valence-electron chi connectivity index (χ1n) is 11.1. The molecule has 0 saturated carbocycles. The average Bonchev–Trinajstić information content (AvgIpc) is 2.78. The van der Waals surface area contributed by atoms with Crippen molar-refractivity contribution < 1.29 is 27.4 Å². The predicted molar refractivity (Wildman–Crippen MR) is 139 cm³/mol. The number of nitrogens with one attached hydrogen (secondary N) is 3. The van der Waals surface area contributed by atoms with Gasteiger partial charge in [0.2, 0.25) is 5.95 Å². The number of alkyl halides is 3. The van der Waals surface area contributed by atoms with Crippen LogP contribution in [0.25, 0.3) is 0 Å². The van der Waals surface area contributed by atoms with Gasteiger partial charge in [-0.05, 0) is 49.6 Å². The Morgan fingerprint density at radius 2 is 1.84 bits per heavy atom. The molecule has 0 radical (unpaired) electrons. The monoisotopic (exact) mass is 555 g/mol. The van der Waals surface area contributed by atoms with Gasteiger partial charge >= 0.3 is 6.18 Å². The Hall–Kier alpha value is -3.14. The topological polar surface area (TPSA) is 105 Å². The lowest BCUT2D eigenvalue weighted by Gasteiger charge is -2.18. The van der Waals surface area contributed by atoms with E-state index in [4.69, 9.17) is 16.4 Å². The Bertz CT molecular complexity index is 1330. The predicted octanol–water partition coefficient (Wildman–Crippen LogP) is 6.20. The lowest BCUT2D eigenvalue weighted by molar-refractivity contribution is -0.137. The normalized spacial score (nSPS) is 11.9. The molecule has 0 atom stereocenters. The maximum atomic E-state index is 13.7. The molecule has 0 bridgehead atoms. The first-order valence-corrected chi connectivity index (χ1v) is 14.1. The maximum Gasteiger partial charge on any atom is 0.421 e. The van der Waals surface area contributed by atoms with Crippen LogP contribution in [0.5, 0.6) is 0 Å². The molecule has 3 rings (SSSR count). The molecule has 0 aliphatic rings. The molecule has 1 aromatic heterocycles. The number of hydrogen-bond acceptors (Lipinski definition) is 7. The summed E-state index contributed by atoms with van der Waals surface area (Å²) in [5.74, 6) is -1.00. The molecule has 2 aromatic carbocycles. The molecule has 0 spiro atoms. The molecular weight excluding hydrogens is 530 g/mol. The van der Waals surface area contributed by atoms with E-state index in [0.717, 1.165) is 0 Å². The summed E-state index contributed by atoms with van der Waals surface area (Å²) in [5.41, 5.74) is 1.93. The van der Waals surface area contributed by atoms with Gasteiger partial charge in [0.15, 0.2) is 0 Å². The van der Waals surface area contributed by atoms with Crippen molar-refractivity contribution in [1.82, 2.24) is 15.4 Å². The highest BCUT2D eigenvalue weighted by Crippen LogP contribution is 2.40. The van der Waals surface area contributed by atoms with Crippen LogP contribution < -0.4 is 21.4 Å². The molecule has 0 fully saturated rings. The molecule has 3 N–H and O–H groups in total. The van der Waals surface area contributed by atoms with E-state index >= 15 is 0 Å². The van der Waals surface area contributed by atoms with Gasteiger partial charge in [0.05, 0.1) is 22.9 Å². The fourth-order valence-electron chi connectivity index (χ4n) is 3.16. The second kappa shape index (κ2) is 11.5. The van der Waals surface area contributed by atoms with Gasteiger partial charge in [-0.1, -0.05) is 37.6 Å². The number of carbonyl (C=O) groups excluding carboxylic acids is 1. The van der Waals surface area contributed by atoms with Crippen molar-refractivity contribution in [2.75, 3.05) is 30.6 Å². The largest absolute Gasteiger partial charge is 0.421 e. The lowest BCUT2D eigenvalue weighted by atomic mass is 10.2. The van der Waals surface area contributed by atoms with Gasteiger partial charge in [-0.2, -0.15) is 18.2 Å². The van der Waals surface area contributed by atoms with Gasteiger partial charge in [0, 0.05) is 17.2 Å². The second-order valence-electron chi connectivity index (χ2n) is 8.90. The van der Waals surface area contributed by atoms with Crippen LogP contribution in [0.2, 0.25) is 5.02 Å². The Morgan fingerprint density at radius 3 is 2.46 bits per heavy atom. The zero-order valence-corrected chi connectivity index (χ0v) is 22.1. The highest BCUT2D eigenvalue weighted by Gasteiger charge is 2.35. The number of rotatable bonds is 9. The second-order valence-corrected chi connectivity index (χ2v) is 12.5. The summed E-state index contributed by atoms with van der Waals surface area (Å²) in [5, 5.41) is 5.92. The summed E-state index contributed by atoms with van der Waals surface area (Å²) < 4.78 is 53.7. The van der Waals surface area contributed by atoms with Crippen LogP contribution in [0.15, 0.2) is 48.7 Å².